The summed E-state index contributed by atoms with van der Waals surface area (Å²) in [5.74, 6) is 1.25. The van der Waals surface area contributed by atoms with Crippen LogP contribution in [-0.4, -0.2) is 17.3 Å². The summed E-state index contributed by atoms with van der Waals surface area (Å²) in [6.07, 6.45) is 0. The van der Waals surface area contributed by atoms with Crippen LogP contribution in [-0.2, 0) is 0 Å². The molecule has 0 atom stereocenters. The van der Waals surface area contributed by atoms with Gasteiger partial charge in [0.05, 0.1) is 12.8 Å². The van der Waals surface area contributed by atoms with Crippen LogP contribution in [0.5, 0.6) is 5.75 Å². The van der Waals surface area contributed by atoms with Gasteiger partial charge in [0.1, 0.15) is 11.6 Å². The number of nitrogen functional groups attached to an aromatic ring is 1. The summed E-state index contributed by atoms with van der Waals surface area (Å²) in [4.78, 5) is 0. The van der Waals surface area contributed by atoms with Gasteiger partial charge in [-0.3, -0.25) is 5.10 Å². The number of H-pyrrole nitrogens is 1. The molecule has 0 radical (unpaired) electrons. The van der Waals surface area contributed by atoms with Crippen molar-refractivity contribution in [2.24, 2.45) is 0 Å². The average molecular weight is 318 g/mol. The second-order valence-corrected chi connectivity index (χ2v) is 5.17. The number of aromatic nitrogens is 2. The highest BCUT2D eigenvalue weighted by atomic mass is 79.9. The van der Waals surface area contributed by atoms with Crippen molar-refractivity contribution < 1.29 is 4.74 Å². The van der Waals surface area contributed by atoms with E-state index < -0.39 is 0 Å². The smallest absolute Gasteiger partial charge is 0.145 e. The maximum Gasteiger partial charge on any atom is 0.145 e. The first kappa shape index (κ1) is 12.0. The summed E-state index contributed by atoms with van der Waals surface area (Å²) in [5, 5.41) is 9.11. The Kier molecular flexibility index (Phi) is 2.91. The Morgan fingerprint density at radius 1 is 1.16 bits per heavy atom. The van der Waals surface area contributed by atoms with E-state index in [-0.39, 0.29) is 0 Å². The van der Waals surface area contributed by atoms with Crippen molar-refractivity contribution >= 4 is 32.5 Å². The van der Waals surface area contributed by atoms with Crippen molar-refractivity contribution in [3.8, 4) is 17.0 Å². The Balaban J connectivity index is 2.27. The number of nitrogens with zero attached hydrogens (tertiary/aromatic N) is 1. The van der Waals surface area contributed by atoms with Gasteiger partial charge in [-0.2, -0.15) is 5.10 Å². The van der Waals surface area contributed by atoms with Crippen LogP contribution in [0.4, 0.5) is 5.82 Å². The summed E-state index contributed by atoms with van der Waals surface area (Å²) in [6, 6.07) is 12.0. The number of methoxy groups -OCH3 is 1. The van der Waals surface area contributed by atoms with E-state index in [0.717, 1.165) is 32.3 Å². The molecular weight excluding hydrogens is 306 g/mol. The SMILES string of the molecule is COc1cc2ccc(Br)cc2cc1-c1cc(N)n[nH]1. The molecule has 3 aromatic rings. The number of halogens is 1. The molecule has 0 spiro atoms. The molecule has 0 fully saturated rings. The molecule has 0 unspecified atom stereocenters. The fraction of sp³-hybridized carbons (Fsp3) is 0.0714. The highest BCUT2D eigenvalue weighted by molar-refractivity contribution is 9.10. The lowest BCUT2D eigenvalue weighted by Crippen LogP contribution is -1.89. The normalized spacial score (nSPS) is 10.8. The number of hydrogen-bond acceptors (Lipinski definition) is 3. The number of benzene rings is 2. The van der Waals surface area contributed by atoms with Gasteiger partial charge in [0.2, 0.25) is 0 Å². The Labute approximate surface area is 118 Å². The first-order chi connectivity index (χ1) is 9.17. The Bertz CT molecular complexity index is 752. The van der Waals surface area contributed by atoms with Gasteiger partial charge in [-0.05, 0) is 35.0 Å². The van der Waals surface area contributed by atoms with Crippen LogP contribution in [0.15, 0.2) is 40.9 Å². The van der Waals surface area contributed by atoms with Crippen LogP contribution in [0.1, 0.15) is 0 Å². The van der Waals surface area contributed by atoms with Crippen molar-refractivity contribution in [3.63, 3.8) is 0 Å². The van der Waals surface area contributed by atoms with Gasteiger partial charge >= 0.3 is 0 Å². The van der Waals surface area contributed by atoms with E-state index in [4.69, 9.17) is 10.5 Å². The second kappa shape index (κ2) is 4.59. The highest BCUT2D eigenvalue weighted by Gasteiger charge is 2.10. The van der Waals surface area contributed by atoms with E-state index in [1.165, 1.54) is 0 Å². The molecule has 19 heavy (non-hydrogen) atoms. The second-order valence-electron chi connectivity index (χ2n) is 4.25. The summed E-state index contributed by atoms with van der Waals surface area (Å²) < 4.78 is 6.49. The quantitative estimate of drug-likeness (QED) is 0.759. The number of fused-ring (bicyclic) bond motifs is 1. The van der Waals surface area contributed by atoms with Gasteiger partial charge in [0.15, 0.2) is 0 Å². The predicted octanol–water partition coefficient (Wildman–Crippen LogP) is 3.58. The molecule has 0 aliphatic heterocycles. The third kappa shape index (κ3) is 2.17. The van der Waals surface area contributed by atoms with Crippen molar-refractivity contribution in [1.82, 2.24) is 10.2 Å². The lowest BCUT2D eigenvalue weighted by atomic mass is 10.0. The molecule has 0 aliphatic carbocycles. The maximum atomic E-state index is 5.65. The number of hydrogen-bond donors (Lipinski definition) is 2. The van der Waals surface area contributed by atoms with E-state index in [2.05, 4.69) is 38.3 Å². The number of ether oxygens (including phenoxy) is 1. The number of nitrogens with one attached hydrogen (secondary N) is 1. The van der Waals surface area contributed by atoms with Gasteiger partial charge in [-0.15, -0.1) is 0 Å². The summed E-state index contributed by atoms with van der Waals surface area (Å²) >= 11 is 3.48. The lowest BCUT2D eigenvalue weighted by molar-refractivity contribution is 0.417. The first-order valence-corrected chi connectivity index (χ1v) is 6.55. The molecule has 96 valence electrons. The minimum Gasteiger partial charge on any atom is -0.496 e. The van der Waals surface area contributed by atoms with Crippen LogP contribution in [0, 0.1) is 0 Å². The topological polar surface area (TPSA) is 63.9 Å². The zero-order chi connectivity index (χ0) is 13.4. The molecule has 0 bridgehead atoms. The van der Waals surface area contributed by atoms with Crippen LogP contribution < -0.4 is 10.5 Å². The minimum absolute atomic E-state index is 0.464. The fourth-order valence-corrected chi connectivity index (χ4v) is 2.48. The fourth-order valence-electron chi connectivity index (χ4n) is 2.10. The zero-order valence-corrected chi connectivity index (χ0v) is 11.9. The van der Waals surface area contributed by atoms with Crippen molar-refractivity contribution in [2.45, 2.75) is 0 Å². The average Bonchev–Trinajstić information content (AvgIpc) is 2.83. The summed E-state index contributed by atoms with van der Waals surface area (Å²) in [6.45, 7) is 0. The molecule has 1 aromatic heterocycles. The van der Waals surface area contributed by atoms with Crippen molar-refractivity contribution in [1.29, 1.82) is 0 Å². The van der Waals surface area contributed by atoms with Gasteiger partial charge in [0, 0.05) is 16.1 Å². The number of anilines is 1. The van der Waals surface area contributed by atoms with E-state index >= 15 is 0 Å². The molecule has 0 saturated heterocycles. The third-order valence-electron chi connectivity index (χ3n) is 3.01. The molecule has 5 heteroatoms. The summed E-state index contributed by atoms with van der Waals surface area (Å²) in [5.41, 5.74) is 7.44. The third-order valence-corrected chi connectivity index (χ3v) is 3.50. The largest absolute Gasteiger partial charge is 0.496 e. The van der Waals surface area contributed by atoms with Crippen LogP contribution >= 0.6 is 15.9 Å². The predicted molar refractivity (Wildman–Crippen MR) is 80.2 cm³/mol. The molecule has 4 nitrogen and oxygen atoms in total. The van der Waals surface area contributed by atoms with Gasteiger partial charge in [0.25, 0.3) is 0 Å². The number of aromatic amines is 1. The standard InChI is InChI=1S/C14H12BrN3O/c1-19-13-6-8-2-3-10(15)4-9(8)5-11(13)12-7-14(16)18-17-12/h2-7H,1H3,(H3,16,17,18). The summed E-state index contributed by atoms with van der Waals surface area (Å²) in [7, 11) is 1.66. The maximum absolute atomic E-state index is 5.65. The molecule has 0 aliphatic rings. The molecule has 2 aromatic carbocycles. The minimum atomic E-state index is 0.464. The van der Waals surface area contributed by atoms with Gasteiger partial charge in [-0.25, -0.2) is 0 Å². The van der Waals surface area contributed by atoms with Crippen LogP contribution in [0.25, 0.3) is 22.0 Å². The Morgan fingerprint density at radius 2 is 2.00 bits per heavy atom. The Hall–Kier alpha value is -2.01. The van der Waals surface area contributed by atoms with Gasteiger partial charge in [-0.1, -0.05) is 22.0 Å². The molecule has 3 rings (SSSR count). The van der Waals surface area contributed by atoms with Crippen molar-refractivity contribution in [2.75, 3.05) is 12.8 Å². The zero-order valence-electron chi connectivity index (χ0n) is 10.3. The molecule has 3 N–H and O–H groups in total. The number of nitrogens with two attached hydrogens (primary N) is 1. The van der Waals surface area contributed by atoms with E-state index in [1.54, 1.807) is 13.2 Å². The first-order valence-electron chi connectivity index (χ1n) is 5.76. The lowest BCUT2D eigenvalue weighted by Gasteiger charge is -2.09. The highest BCUT2D eigenvalue weighted by Crippen LogP contribution is 2.34. The van der Waals surface area contributed by atoms with E-state index in [0.29, 0.717) is 5.82 Å². The molecule has 0 saturated carbocycles. The molecular formula is C14H12BrN3O. The van der Waals surface area contributed by atoms with Crippen LogP contribution in [0.3, 0.4) is 0 Å². The van der Waals surface area contributed by atoms with Crippen LogP contribution in [0.2, 0.25) is 0 Å². The van der Waals surface area contributed by atoms with E-state index in [9.17, 15) is 0 Å². The number of rotatable bonds is 2. The molecule has 0 amide bonds. The Morgan fingerprint density at radius 3 is 2.68 bits per heavy atom. The monoisotopic (exact) mass is 317 g/mol. The van der Waals surface area contributed by atoms with Gasteiger partial charge < -0.3 is 10.5 Å². The van der Waals surface area contributed by atoms with E-state index in [1.807, 2.05) is 18.2 Å². The molecule has 1 heterocycles. The van der Waals surface area contributed by atoms with Crippen molar-refractivity contribution in [3.05, 3.63) is 40.9 Å².